The predicted octanol–water partition coefficient (Wildman–Crippen LogP) is 3.04. The Morgan fingerprint density at radius 1 is 1.29 bits per heavy atom. The van der Waals surface area contributed by atoms with Crippen LogP contribution in [0.1, 0.15) is 70.4 Å². The third kappa shape index (κ3) is 4.05. The molecule has 152 valence electrons. The van der Waals surface area contributed by atoms with E-state index in [4.69, 9.17) is 0 Å². The quantitative estimate of drug-likeness (QED) is 0.731. The van der Waals surface area contributed by atoms with Gasteiger partial charge in [0.15, 0.2) is 0 Å². The molecule has 1 saturated carbocycles. The van der Waals surface area contributed by atoms with Gasteiger partial charge < -0.3 is 15.0 Å². The summed E-state index contributed by atoms with van der Waals surface area (Å²) >= 11 is 0. The van der Waals surface area contributed by atoms with Crippen molar-refractivity contribution in [2.45, 2.75) is 70.3 Å². The zero-order chi connectivity index (χ0) is 20.7. The van der Waals surface area contributed by atoms with Crippen LogP contribution >= 0.6 is 0 Å². The number of esters is 1. The number of carbonyl (C=O) groups excluding carboxylic acids is 3. The molecule has 0 atom stereocenters. The summed E-state index contributed by atoms with van der Waals surface area (Å²) in [6.07, 6.45) is 3.11. The smallest absolute Gasteiger partial charge is 0.305 e. The van der Waals surface area contributed by atoms with Gasteiger partial charge in [-0.15, -0.1) is 0 Å². The molecule has 3 rings (SSSR count). The van der Waals surface area contributed by atoms with Crippen LogP contribution in [-0.2, 0) is 24.5 Å². The van der Waals surface area contributed by atoms with Crippen LogP contribution in [0.25, 0.3) is 0 Å². The molecular weight excluding hydrogens is 356 g/mol. The Morgan fingerprint density at radius 2 is 1.96 bits per heavy atom. The molecule has 0 spiro atoms. The third-order valence-electron chi connectivity index (χ3n) is 5.77. The third-order valence-corrected chi connectivity index (χ3v) is 5.77. The van der Waals surface area contributed by atoms with Crippen molar-refractivity contribution in [1.82, 2.24) is 5.32 Å². The Balaban J connectivity index is 1.71. The molecule has 1 aromatic carbocycles. The topological polar surface area (TPSA) is 75.7 Å². The molecular formula is C22H30N2O4. The number of hydrogen-bond donors (Lipinski definition) is 1. The lowest BCUT2D eigenvalue weighted by Gasteiger charge is -2.28. The van der Waals surface area contributed by atoms with E-state index in [1.807, 2.05) is 33.8 Å². The van der Waals surface area contributed by atoms with E-state index in [2.05, 4.69) is 22.2 Å². The normalized spacial score (nSPS) is 18.0. The molecule has 1 fully saturated rings. The van der Waals surface area contributed by atoms with Crippen LogP contribution in [0.5, 0.6) is 0 Å². The summed E-state index contributed by atoms with van der Waals surface area (Å²) in [5, 5.41) is 2.94. The van der Waals surface area contributed by atoms with Gasteiger partial charge >= 0.3 is 5.97 Å². The van der Waals surface area contributed by atoms with Crippen LogP contribution in [-0.4, -0.2) is 37.0 Å². The van der Waals surface area contributed by atoms with Gasteiger partial charge in [0.25, 0.3) is 0 Å². The molecule has 1 aromatic rings. The van der Waals surface area contributed by atoms with Crippen LogP contribution in [0.15, 0.2) is 18.2 Å². The first-order chi connectivity index (χ1) is 13.0. The maximum Gasteiger partial charge on any atom is 0.305 e. The van der Waals surface area contributed by atoms with Gasteiger partial charge in [-0.25, -0.2) is 0 Å². The number of anilines is 1. The molecule has 0 aromatic heterocycles. The average molecular weight is 386 g/mol. The number of fused-ring (bicyclic) bond motifs is 1. The van der Waals surface area contributed by atoms with Crippen LogP contribution < -0.4 is 10.2 Å². The lowest BCUT2D eigenvalue weighted by atomic mass is 9.85. The number of hydrogen-bond acceptors (Lipinski definition) is 4. The van der Waals surface area contributed by atoms with Gasteiger partial charge in [0.2, 0.25) is 11.8 Å². The van der Waals surface area contributed by atoms with E-state index in [1.54, 1.807) is 4.90 Å². The van der Waals surface area contributed by atoms with Gasteiger partial charge in [0, 0.05) is 17.6 Å². The van der Waals surface area contributed by atoms with E-state index in [1.165, 1.54) is 25.5 Å². The van der Waals surface area contributed by atoms with Gasteiger partial charge in [-0.1, -0.05) is 12.1 Å². The lowest BCUT2D eigenvalue weighted by Crippen LogP contribution is -2.49. The minimum atomic E-state index is -0.638. The second-order valence-corrected chi connectivity index (χ2v) is 9.08. The van der Waals surface area contributed by atoms with Crippen molar-refractivity contribution in [1.29, 1.82) is 0 Å². The molecule has 1 N–H and O–H groups in total. The Labute approximate surface area is 166 Å². The number of ether oxygens (including phenoxy) is 1. The molecule has 1 aliphatic heterocycles. The molecule has 2 amide bonds. The second kappa shape index (κ2) is 7.22. The number of methoxy groups -OCH3 is 1. The van der Waals surface area contributed by atoms with Crippen molar-refractivity contribution < 1.29 is 19.1 Å². The highest BCUT2D eigenvalue weighted by molar-refractivity contribution is 6.10. The number of carbonyl (C=O) groups is 3. The number of nitrogens with zero attached hydrogens (tertiary/aromatic N) is 1. The predicted molar refractivity (Wildman–Crippen MR) is 107 cm³/mol. The highest BCUT2D eigenvalue weighted by Crippen LogP contribution is 2.46. The zero-order valence-electron chi connectivity index (χ0n) is 17.4. The van der Waals surface area contributed by atoms with Gasteiger partial charge in [0.1, 0.15) is 6.54 Å². The Bertz CT molecular complexity index is 809. The molecule has 1 aliphatic carbocycles. The molecule has 0 saturated heterocycles. The first-order valence-electron chi connectivity index (χ1n) is 9.89. The molecule has 6 nitrogen and oxygen atoms in total. The summed E-state index contributed by atoms with van der Waals surface area (Å²) in [4.78, 5) is 38.6. The minimum Gasteiger partial charge on any atom is -0.469 e. The molecule has 0 radical (unpaired) electrons. The number of rotatable bonds is 7. The SMILES string of the molecule is COC(=O)CCC(C)(C)NC(=O)CN1C(=O)C(C)(C)c2cc(C3CC3)ccc21. The summed E-state index contributed by atoms with van der Waals surface area (Å²) in [7, 11) is 1.35. The first kappa shape index (κ1) is 20.4. The van der Waals surface area contributed by atoms with Gasteiger partial charge in [-0.05, 0) is 70.1 Å². The average Bonchev–Trinajstić information content (AvgIpc) is 3.45. The highest BCUT2D eigenvalue weighted by Gasteiger charge is 2.45. The lowest BCUT2D eigenvalue weighted by molar-refractivity contribution is -0.141. The zero-order valence-corrected chi connectivity index (χ0v) is 17.4. The Kier molecular flexibility index (Phi) is 5.26. The minimum absolute atomic E-state index is 0.0281. The van der Waals surface area contributed by atoms with Crippen molar-refractivity contribution >= 4 is 23.5 Å². The van der Waals surface area contributed by atoms with Crippen LogP contribution in [0.3, 0.4) is 0 Å². The standard InChI is InChI=1S/C22H30N2O4/c1-21(2,11-10-19(26)28-5)23-18(25)13-24-17-9-8-15(14-6-7-14)12-16(17)22(3,4)20(24)27/h8-9,12,14H,6-7,10-11,13H2,1-5H3,(H,23,25). The summed E-state index contributed by atoms with van der Waals surface area (Å²) in [5.74, 6) is 0.0134. The number of nitrogens with one attached hydrogen (secondary N) is 1. The fourth-order valence-corrected chi connectivity index (χ4v) is 3.82. The van der Waals surface area contributed by atoms with Crippen molar-refractivity contribution in [2.24, 2.45) is 0 Å². The van der Waals surface area contributed by atoms with Crippen LogP contribution in [0.2, 0.25) is 0 Å². The summed E-state index contributed by atoms with van der Waals surface area (Å²) in [6, 6.07) is 6.20. The molecule has 2 aliphatic rings. The monoisotopic (exact) mass is 386 g/mol. The van der Waals surface area contributed by atoms with Gasteiger partial charge in [-0.3, -0.25) is 14.4 Å². The fourth-order valence-electron chi connectivity index (χ4n) is 3.82. The van der Waals surface area contributed by atoms with Crippen LogP contribution in [0.4, 0.5) is 5.69 Å². The molecule has 1 heterocycles. The maximum absolute atomic E-state index is 13.0. The van der Waals surface area contributed by atoms with Gasteiger partial charge in [-0.2, -0.15) is 0 Å². The molecule has 0 unspecified atom stereocenters. The van der Waals surface area contributed by atoms with E-state index in [0.717, 1.165) is 11.3 Å². The largest absolute Gasteiger partial charge is 0.469 e. The second-order valence-electron chi connectivity index (χ2n) is 9.08. The summed E-state index contributed by atoms with van der Waals surface area (Å²) in [5.41, 5.74) is 1.90. The van der Waals surface area contributed by atoms with Crippen molar-refractivity contribution in [3.63, 3.8) is 0 Å². The maximum atomic E-state index is 13.0. The number of benzene rings is 1. The molecule has 0 bridgehead atoms. The Morgan fingerprint density at radius 3 is 2.57 bits per heavy atom. The van der Waals surface area contributed by atoms with Crippen molar-refractivity contribution in [2.75, 3.05) is 18.6 Å². The van der Waals surface area contributed by atoms with E-state index >= 15 is 0 Å². The number of amides is 2. The highest BCUT2D eigenvalue weighted by atomic mass is 16.5. The summed E-state index contributed by atoms with van der Waals surface area (Å²) in [6.45, 7) is 7.53. The van der Waals surface area contributed by atoms with E-state index in [-0.39, 0.29) is 30.7 Å². The molecule has 28 heavy (non-hydrogen) atoms. The van der Waals surface area contributed by atoms with Crippen molar-refractivity contribution in [3.8, 4) is 0 Å². The fraction of sp³-hybridized carbons (Fsp3) is 0.591. The molecule has 6 heteroatoms. The Hall–Kier alpha value is -2.37. The van der Waals surface area contributed by atoms with E-state index in [9.17, 15) is 14.4 Å². The van der Waals surface area contributed by atoms with Gasteiger partial charge in [0.05, 0.1) is 12.5 Å². The summed E-state index contributed by atoms with van der Waals surface area (Å²) < 4.78 is 4.66. The van der Waals surface area contributed by atoms with Crippen LogP contribution in [0, 0.1) is 0 Å². The first-order valence-corrected chi connectivity index (χ1v) is 9.89. The van der Waals surface area contributed by atoms with E-state index < -0.39 is 11.0 Å². The van der Waals surface area contributed by atoms with E-state index in [0.29, 0.717) is 12.3 Å². The van der Waals surface area contributed by atoms with Crippen molar-refractivity contribution in [3.05, 3.63) is 29.3 Å².